The van der Waals surface area contributed by atoms with Gasteiger partial charge in [0, 0.05) is 11.8 Å². The Bertz CT molecular complexity index is 457. The third kappa shape index (κ3) is 4.54. The van der Waals surface area contributed by atoms with Gasteiger partial charge in [-0.1, -0.05) is 31.9 Å². The molecule has 128 valence electrons. The first-order valence-corrected chi connectivity index (χ1v) is 9.25. The van der Waals surface area contributed by atoms with Crippen LogP contribution in [0.1, 0.15) is 63.4 Å². The van der Waals surface area contributed by atoms with Gasteiger partial charge in [0.15, 0.2) is 6.29 Å². The normalized spacial score (nSPS) is 31.9. The van der Waals surface area contributed by atoms with E-state index in [-0.39, 0.29) is 12.1 Å². The molecule has 1 aromatic carbocycles. The first-order valence-electron chi connectivity index (χ1n) is 9.25. The van der Waals surface area contributed by atoms with Gasteiger partial charge in [-0.05, 0) is 55.7 Å². The molecule has 1 heterocycles. The van der Waals surface area contributed by atoms with Crippen LogP contribution in [0.4, 0.5) is 4.39 Å². The van der Waals surface area contributed by atoms with Crippen LogP contribution in [0.5, 0.6) is 0 Å². The summed E-state index contributed by atoms with van der Waals surface area (Å²) in [6.07, 6.45) is 8.33. The van der Waals surface area contributed by atoms with E-state index in [1.54, 1.807) is 12.1 Å². The van der Waals surface area contributed by atoms with Crippen LogP contribution in [0.25, 0.3) is 0 Å². The average molecular weight is 320 g/mol. The summed E-state index contributed by atoms with van der Waals surface area (Å²) in [7, 11) is 0. The lowest BCUT2D eigenvalue weighted by molar-refractivity contribution is -0.229. The molecule has 2 fully saturated rings. The van der Waals surface area contributed by atoms with Gasteiger partial charge in [0.25, 0.3) is 0 Å². The fourth-order valence-electron chi connectivity index (χ4n) is 3.95. The summed E-state index contributed by atoms with van der Waals surface area (Å²) in [6.45, 7) is 3.96. The Hall–Kier alpha value is -0.930. The molecule has 0 bridgehead atoms. The maximum Gasteiger partial charge on any atom is 0.160 e. The van der Waals surface area contributed by atoms with Crippen molar-refractivity contribution in [2.45, 2.75) is 64.1 Å². The van der Waals surface area contributed by atoms with Gasteiger partial charge in [0.05, 0.1) is 13.2 Å². The number of rotatable bonds is 5. The molecular weight excluding hydrogens is 291 g/mol. The van der Waals surface area contributed by atoms with Crippen molar-refractivity contribution in [1.29, 1.82) is 0 Å². The van der Waals surface area contributed by atoms with Crippen LogP contribution in [-0.2, 0) is 9.47 Å². The molecule has 0 aromatic heterocycles. The van der Waals surface area contributed by atoms with Gasteiger partial charge < -0.3 is 9.47 Å². The van der Waals surface area contributed by atoms with E-state index < -0.39 is 0 Å². The predicted molar refractivity (Wildman–Crippen MR) is 89.8 cm³/mol. The lowest BCUT2D eigenvalue weighted by Gasteiger charge is -2.37. The zero-order valence-corrected chi connectivity index (χ0v) is 14.2. The Kier molecular flexibility index (Phi) is 6.07. The van der Waals surface area contributed by atoms with Crippen LogP contribution in [0.15, 0.2) is 24.3 Å². The Morgan fingerprint density at radius 1 is 1.00 bits per heavy atom. The lowest BCUT2D eigenvalue weighted by atomic mass is 9.78. The minimum absolute atomic E-state index is 0.00189. The van der Waals surface area contributed by atoms with Gasteiger partial charge in [0.2, 0.25) is 0 Å². The van der Waals surface area contributed by atoms with Crippen molar-refractivity contribution in [2.75, 3.05) is 13.2 Å². The molecule has 0 N–H and O–H groups in total. The number of ether oxygens (including phenoxy) is 2. The predicted octanol–water partition coefficient (Wildman–Crippen LogP) is 5.28. The van der Waals surface area contributed by atoms with E-state index in [9.17, 15) is 4.39 Å². The number of halogens is 1. The highest BCUT2D eigenvalue weighted by Gasteiger charge is 2.32. The van der Waals surface area contributed by atoms with Crippen molar-refractivity contribution in [3.63, 3.8) is 0 Å². The van der Waals surface area contributed by atoms with E-state index in [0.29, 0.717) is 17.8 Å². The van der Waals surface area contributed by atoms with E-state index in [4.69, 9.17) is 9.47 Å². The number of hydrogen-bond donors (Lipinski definition) is 0. The molecule has 1 aromatic rings. The highest BCUT2D eigenvalue weighted by Crippen LogP contribution is 2.39. The zero-order valence-electron chi connectivity index (χ0n) is 14.2. The molecule has 0 radical (unpaired) electrons. The smallest absolute Gasteiger partial charge is 0.160 e. The molecule has 1 saturated heterocycles. The van der Waals surface area contributed by atoms with E-state index in [1.165, 1.54) is 24.8 Å². The van der Waals surface area contributed by atoms with Gasteiger partial charge in [0.1, 0.15) is 5.82 Å². The van der Waals surface area contributed by atoms with Crippen molar-refractivity contribution in [3.8, 4) is 0 Å². The van der Waals surface area contributed by atoms with Crippen LogP contribution in [0.2, 0.25) is 0 Å². The second-order valence-electron chi connectivity index (χ2n) is 7.21. The van der Waals surface area contributed by atoms with Crippen molar-refractivity contribution >= 4 is 0 Å². The molecule has 23 heavy (non-hydrogen) atoms. The second-order valence-corrected chi connectivity index (χ2v) is 7.21. The Morgan fingerprint density at radius 3 is 2.26 bits per heavy atom. The number of benzene rings is 1. The Labute approximate surface area is 139 Å². The fourth-order valence-corrected chi connectivity index (χ4v) is 3.95. The van der Waals surface area contributed by atoms with E-state index in [2.05, 4.69) is 6.92 Å². The SMILES string of the molecule is CCCC[C@H]1CO[C@H](C2CCC(c3ccc(F)cc3)CC2)OC1. The third-order valence-electron chi connectivity index (χ3n) is 5.46. The van der Waals surface area contributed by atoms with Crippen molar-refractivity contribution in [3.05, 3.63) is 35.6 Å². The second kappa shape index (κ2) is 8.25. The van der Waals surface area contributed by atoms with Crippen LogP contribution >= 0.6 is 0 Å². The summed E-state index contributed by atoms with van der Waals surface area (Å²) in [6, 6.07) is 7.02. The van der Waals surface area contributed by atoms with Gasteiger partial charge >= 0.3 is 0 Å². The largest absolute Gasteiger partial charge is 0.352 e. The molecule has 2 aliphatic rings. The van der Waals surface area contributed by atoms with E-state index in [0.717, 1.165) is 38.9 Å². The van der Waals surface area contributed by atoms with E-state index >= 15 is 0 Å². The summed E-state index contributed by atoms with van der Waals surface area (Å²) in [5.41, 5.74) is 1.27. The fraction of sp³-hybridized carbons (Fsp3) is 0.700. The topological polar surface area (TPSA) is 18.5 Å². The van der Waals surface area contributed by atoms with Crippen molar-refractivity contribution < 1.29 is 13.9 Å². The molecular formula is C20H29FO2. The molecule has 0 amide bonds. The first-order chi connectivity index (χ1) is 11.3. The molecule has 0 unspecified atom stereocenters. The van der Waals surface area contributed by atoms with Gasteiger partial charge in [-0.15, -0.1) is 0 Å². The molecule has 1 aliphatic heterocycles. The number of unbranched alkanes of at least 4 members (excludes halogenated alkanes) is 1. The monoisotopic (exact) mass is 320 g/mol. The minimum atomic E-state index is -0.149. The van der Waals surface area contributed by atoms with Gasteiger partial charge in [-0.25, -0.2) is 4.39 Å². The highest BCUT2D eigenvalue weighted by atomic mass is 19.1. The van der Waals surface area contributed by atoms with Gasteiger partial charge in [-0.3, -0.25) is 0 Å². The van der Waals surface area contributed by atoms with Crippen LogP contribution in [0, 0.1) is 17.7 Å². The molecule has 1 saturated carbocycles. The lowest BCUT2D eigenvalue weighted by Crippen LogP contribution is -2.38. The Balaban J connectivity index is 1.43. The van der Waals surface area contributed by atoms with Crippen molar-refractivity contribution in [2.24, 2.45) is 11.8 Å². The van der Waals surface area contributed by atoms with Crippen LogP contribution < -0.4 is 0 Å². The average Bonchev–Trinajstić information content (AvgIpc) is 2.61. The minimum Gasteiger partial charge on any atom is -0.352 e. The van der Waals surface area contributed by atoms with Crippen LogP contribution in [0.3, 0.4) is 0 Å². The number of hydrogen-bond acceptors (Lipinski definition) is 2. The summed E-state index contributed by atoms with van der Waals surface area (Å²) < 4.78 is 25.1. The molecule has 3 heteroatoms. The summed E-state index contributed by atoms with van der Waals surface area (Å²) >= 11 is 0. The van der Waals surface area contributed by atoms with Crippen molar-refractivity contribution in [1.82, 2.24) is 0 Å². The molecule has 1 aliphatic carbocycles. The molecule has 3 rings (SSSR count). The zero-order chi connectivity index (χ0) is 16.1. The summed E-state index contributed by atoms with van der Waals surface area (Å²) in [5, 5.41) is 0. The highest BCUT2D eigenvalue weighted by molar-refractivity contribution is 5.20. The summed E-state index contributed by atoms with van der Waals surface area (Å²) in [5.74, 6) is 1.53. The summed E-state index contributed by atoms with van der Waals surface area (Å²) in [4.78, 5) is 0. The molecule has 2 nitrogen and oxygen atoms in total. The molecule has 0 spiro atoms. The maximum atomic E-state index is 13.0. The first kappa shape index (κ1) is 16.9. The molecule has 0 atom stereocenters. The quantitative estimate of drug-likeness (QED) is 0.735. The van der Waals surface area contributed by atoms with Crippen LogP contribution in [-0.4, -0.2) is 19.5 Å². The van der Waals surface area contributed by atoms with E-state index in [1.807, 2.05) is 12.1 Å². The van der Waals surface area contributed by atoms with Gasteiger partial charge in [-0.2, -0.15) is 0 Å². The standard InChI is InChI=1S/C20H29FO2/c1-2-3-4-15-13-22-20(23-14-15)18-7-5-16(6-8-18)17-9-11-19(21)12-10-17/h9-12,15-16,18,20H,2-8,13-14H2,1H3/t15-,16?,18?,20-. The third-order valence-corrected chi connectivity index (χ3v) is 5.46. The Morgan fingerprint density at radius 2 is 1.65 bits per heavy atom. The maximum absolute atomic E-state index is 13.0.